The molecule has 0 aliphatic carbocycles. The Morgan fingerprint density at radius 2 is 2.29 bits per heavy atom. The van der Waals surface area contributed by atoms with Crippen LogP contribution in [0, 0.1) is 6.92 Å². The molecule has 5 heteroatoms. The Hall–Kier alpha value is -2.56. The summed E-state index contributed by atoms with van der Waals surface area (Å²) >= 11 is 0. The molecule has 2 aromatic heterocycles. The van der Waals surface area contributed by atoms with Crippen LogP contribution in [0.25, 0.3) is 10.9 Å². The van der Waals surface area contributed by atoms with Crippen LogP contribution in [0.1, 0.15) is 17.0 Å². The van der Waals surface area contributed by atoms with Gasteiger partial charge >= 0.3 is 0 Å². The highest BCUT2D eigenvalue weighted by molar-refractivity contribution is 5.89. The average Bonchev–Trinajstić information content (AvgIpc) is 3.03. The maximum atomic E-state index is 12.1. The number of aromatic nitrogens is 3. The molecule has 2 heterocycles. The van der Waals surface area contributed by atoms with E-state index in [2.05, 4.69) is 40.4 Å². The molecule has 0 aliphatic heterocycles. The highest BCUT2D eigenvalue weighted by Crippen LogP contribution is 2.19. The van der Waals surface area contributed by atoms with Crippen molar-refractivity contribution in [2.75, 3.05) is 0 Å². The summed E-state index contributed by atoms with van der Waals surface area (Å²) in [5.41, 5.74) is 3.29. The maximum Gasteiger partial charge on any atom is 0.224 e. The van der Waals surface area contributed by atoms with Gasteiger partial charge in [-0.2, -0.15) is 0 Å². The summed E-state index contributed by atoms with van der Waals surface area (Å²) in [5.74, 6) is 0.845. The largest absolute Gasteiger partial charge is 0.361 e. The van der Waals surface area contributed by atoms with Gasteiger partial charge in [-0.1, -0.05) is 12.1 Å². The minimum Gasteiger partial charge on any atom is -0.361 e. The normalized spacial score (nSPS) is 11.0. The second-order valence-corrected chi connectivity index (χ2v) is 5.27. The standard InChI is InChI=1S/C16H18N4O/c1-11-3-4-13-12(9-18-14(13)7-11)8-16(21)19-10-15-17-5-6-20(15)2/h3-7,9,18H,8,10H2,1-2H3,(H,19,21). The highest BCUT2D eigenvalue weighted by atomic mass is 16.1. The number of carbonyl (C=O) groups excluding carboxylic acids is 1. The Balaban J connectivity index is 1.67. The van der Waals surface area contributed by atoms with Gasteiger partial charge in [0.05, 0.1) is 13.0 Å². The fourth-order valence-corrected chi connectivity index (χ4v) is 2.43. The number of H-pyrrole nitrogens is 1. The molecule has 0 saturated carbocycles. The van der Waals surface area contributed by atoms with Crippen molar-refractivity contribution in [3.8, 4) is 0 Å². The van der Waals surface area contributed by atoms with E-state index in [4.69, 9.17) is 0 Å². The second kappa shape index (κ2) is 5.44. The number of hydrogen-bond donors (Lipinski definition) is 2. The Kier molecular flexibility index (Phi) is 3.48. The van der Waals surface area contributed by atoms with E-state index in [1.807, 2.05) is 24.0 Å². The Morgan fingerprint density at radius 3 is 3.05 bits per heavy atom. The predicted octanol–water partition coefficient (Wildman–Crippen LogP) is 2.07. The number of fused-ring (bicyclic) bond motifs is 1. The van der Waals surface area contributed by atoms with E-state index >= 15 is 0 Å². The maximum absolute atomic E-state index is 12.1. The summed E-state index contributed by atoms with van der Waals surface area (Å²) in [6, 6.07) is 6.21. The van der Waals surface area contributed by atoms with E-state index in [0.717, 1.165) is 22.3 Å². The first-order chi connectivity index (χ1) is 10.1. The van der Waals surface area contributed by atoms with Gasteiger partial charge in [0, 0.05) is 36.5 Å². The Labute approximate surface area is 123 Å². The molecule has 0 spiro atoms. The lowest BCUT2D eigenvalue weighted by molar-refractivity contribution is -0.120. The Bertz CT molecular complexity index is 785. The lowest BCUT2D eigenvalue weighted by Gasteiger charge is -2.05. The topological polar surface area (TPSA) is 62.7 Å². The van der Waals surface area contributed by atoms with Gasteiger partial charge < -0.3 is 14.9 Å². The van der Waals surface area contributed by atoms with Crippen molar-refractivity contribution in [2.24, 2.45) is 7.05 Å². The van der Waals surface area contributed by atoms with E-state index in [1.54, 1.807) is 6.20 Å². The SMILES string of the molecule is Cc1ccc2c(CC(=O)NCc3nccn3C)c[nH]c2c1. The molecule has 2 N–H and O–H groups in total. The number of hydrogen-bond acceptors (Lipinski definition) is 2. The molecule has 0 unspecified atom stereocenters. The number of benzene rings is 1. The van der Waals surface area contributed by atoms with Gasteiger partial charge in [0.15, 0.2) is 0 Å². The van der Waals surface area contributed by atoms with E-state index in [0.29, 0.717) is 13.0 Å². The first-order valence-electron chi connectivity index (χ1n) is 6.93. The third kappa shape index (κ3) is 2.81. The molecule has 0 atom stereocenters. The van der Waals surface area contributed by atoms with Crippen LogP contribution in [-0.2, 0) is 24.8 Å². The second-order valence-electron chi connectivity index (χ2n) is 5.27. The zero-order chi connectivity index (χ0) is 14.8. The number of imidazole rings is 1. The molecule has 108 valence electrons. The van der Waals surface area contributed by atoms with Crippen LogP contribution < -0.4 is 5.32 Å². The lowest BCUT2D eigenvalue weighted by Crippen LogP contribution is -2.25. The number of rotatable bonds is 4. The van der Waals surface area contributed by atoms with E-state index in [1.165, 1.54) is 5.56 Å². The molecular weight excluding hydrogens is 264 g/mol. The molecule has 21 heavy (non-hydrogen) atoms. The zero-order valence-corrected chi connectivity index (χ0v) is 12.2. The minimum atomic E-state index is -0.000486. The van der Waals surface area contributed by atoms with Crippen molar-refractivity contribution >= 4 is 16.8 Å². The third-order valence-electron chi connectivity index (χ3n) is 3.64. The van der Waals surface area contributed by atoms with Crippen LogP contribution in [0.3, 0.4) is 0 Å². The van der Waals surface area contributed by atoms with Crippen LogP contribution in [0.4, 0.5) is 0 Å². The van der Waals surface area contributed by atoms with Gasteiger partial charge in [0.2, 0.25) is 5.91 Å². The molecule has 5 nitrogen and oxygen atoms in total. The first kappa shape index (κ1) is 13.4. The van der Waals surface area contributed by atoms with Crippen LogP contribution in [0.2, 0.25) is 0 Å². The highest BCUT2D eigenvalue weighted by Gasteiger charge is 2.09. The van der Waals surface area contributed by atoms with Crippen molar-refractivity contribution in [3.05, 3.63) is 53.7 Å². The van der Waals surface area contributed by atoms with Gasteiger partial charge in [-0.05, 0) is 24.1 Å². The summed E-state index contributed by atoms with van der Waals surface area (Å²) in [6.07, 6.45) is 5.87. The molecule has 0 bridgehead atoms. The van der Waals surface area contributed by atoms with Gasteiger partial charge in [-0.15, -0.1) is 0 Å². The summed E-state index contributed by atoms with van der Waals surface area (Å²) in [6.45, 7) is 2.50. The average molecular weight is 282 g/mol. The summed E-state index contributed by atoms with van der Waals surface area (Å²) in [7, 11) is 1.91. The molecule has 0 radical (unpaired) electrons. The summed E-state index contributed by atoms with van der Waals surface area (Å²) in [5, 5.41) is 4.01. The van der Waals surface area contributed by atoms with E-state index < -0.39 is 0 Å². The van der Waals surface area contributed by atoms with Gasteiger partial charge in [-0.25, -0.2) is 4.98 Å². The molecule has 1 amide bonds. The number of nitrogens with zero attached hydrogens (tertiary/aromatic N) is 2. The Morgan fingerprint density at radius 1 is 1.43 bits per heavy atom. The number of amides is 1. The smallest absolute Gasteiger partial charge is 0.224 e. The predicted molar refractivity (Wildman–Crippen MR) is 81.8 cm³/mol. The molecule has 3 aromatic rings. The third-order valence-corrected chi connectivity index (χ3v) is 3.64. The van der Waals surface area contributed by atoms with Crippen LogP contribution in [0.5, 0.6) is 0 Å². The fourth-order valence-electron chi connectivity index (χ4n) is 2.43. The minimum absolute atomic E-state index is 0.000486. The van der Waals surface area contributed by atoms with Crippen molar-refractivity contribution in [1.29, 1.82) is 0 Å². The summed E-state index contributed by atoms with van der Waals surface area (Å²) < 4.78 is 1.90. The molecule has 0 fully saturated rings. The van der Waals surface area contributed by atoms with Crippen LogP contribution in [0.15, 0.2) is 36.8 Å². The van der Waals surface area contributed by atoms with Crippen molar-refractivity contribution in [2.45, 2.75) is 19.9 Å². The van der Waals surface area contributed by atoms with Gasteiger partial charge in [-0.3, -0.25) is 4.79 Å². The summed E-state index contributed by atoms with van der Waals surface area (Å²) in [4.78, 5) is 19.5. The molecule has 3 rings (SSSR count). The van der Waals surface area contributed by atoms with Gasteiger partial charge in [0.1, 0.15) is 5.82 Å². The van der Waals surface area contributed by atoms with Gasteiger partial charge in [0.25, 0.3) is 0 Å². The first-order valence-corrected chi connectivity index (χ1v) is 6.93. The van der Waals surface area contributed by atoms with Crippen molar-refractivity contribution in [3.63, 3.8) is 0 Å². The molecule has 0 saturated heterocycles. The molecule has 0 aliphatic rings. The van der Waals surface area contributed by atoms with E-state index in [-0.39, 0.29) is 5.91 Å². The molecular formula is C16H18N4O. The monoisotopic (exact) mass is 282 g/mol. The lowest BCUT2D eigenvalue weighted by atomic mass is 10.1. The number of nitrogens with one attached hydrogen (secondary N) is 2. The zero-order valence-electron chi connectivity index (χ0n) is 12.2. The number of aromatic amines is 1. The van der Waals surface area contributed by atoms with E-state index in [9.17, 15) is 4.79 Å². The fraction of sp³-hybridized carbons (Fsp3) is 0.250. The van der Waals surface area contributed by atoms with Crippen molar-refractivity contribution in [1.82, 2.24) is 19.9 Å². The molecule has 1 aromatic carbocycles. The van der Waals surface area contributed by atoms with Crippen molar-refractivity contribution < 1.29 is 4.79 Å². The quantitative estimate of drug-likeness (QED) is 0.769. The number of carbonyl (C=O) groups is 1. The van der Waals surface area contributed by atoms with Crippen LogP contribution in [-0.4, -0.2) is 20.4 Å². The number of aryl methyl sites for hydroxylation is 2. The van der Waals surface area contributed by atoms with Crippen LogP contribution >= 0.6 is 0 Å².